The van der Waals surface area contributed by atoms with Crippen LogP contribution in [0.4, 0.5) is 10.2 Å². The van der Waals surface area contributed by atoms with Gasteiger partial charge in [0.25, 0.3) is 15.9 Å². The van der Waals surface area contributed by atoms with Gasteiger partial charge >= 0.3 is 0 Å². The van der Waals surface area contributed by atoms with Crippen molar-refractivity contribution in [3.8, 4) is 11.1 Å². The van der Waals surface area contributed by atoms with Crippen LogP contribution in [0.2, 0.25) is 0 Å². The highest BCUT2D eigenvalue weighted by molar-refractivity contribution is 7.92. The van der Waals surface area contributed by atoms with E-state index in [0.29, 0.717) is 34.6 Å². The number of nitrogens with one attached hydrogen (secondary N) is 1. The first-order valence-electron chi connectivity index (χ1n) is 14.3. The van der Waals surface area contributed by atoms with E-state index in [2.05, 4.69) is 16.8 Å². The molecule has 5 rings (SSSR count). The Morgan fingerprint density at radius 3 is 2.51 bits per heavy atom. The fourth-order valence-corrected chi connectivity index (χ4v) is 7.10. The number of anilines is 1. The zero-order chi connectivity index (χ0) is 29.2. The predicted octanol–water partition coefficient (Wildman–Crippen LogP) is 6.51. The predicted molar refractivity (Wildman–Crippen MR) is 157 cm³/mol. The number of carbonyl (C=O) groups excluding carboxylic acids is 1. The number of amidine groups is 1. The Balaban J connectivity index is 1.47. The molecular weight excluding hydrogens is 543 g/mol. The summed E-state index contributed by atoms with van der Waals surface area (Å²) in [5.74, 6) is 1.57. The lowest BCUT2D eigenvalue weighted by Crippen LogP contribution is -2.40. The van der Waals surface area contributed by atoms with Crippen molar-refractivity contribution in [2.45, 2.75) is 89.1 Å². The van der Waals surface area contributed by atoms with Crippen LogP contribution in [0.15, 0.2) is 56.9 Å². The molecule has 0 saturated heterocycles. The molecule has 2 aromatic carbocycles. The van der Waals surface area contributed by atoms with Crippen molar-refractivity contribution in [1.82, 2.24) is 10.1 Å². The van der Waals surface area contributed by atoms with E-state index >= 15 is 0 Å². The second-order valence-corrected chi connectivity index (χ2v) is 12.7. The van der Waals surface area contributed by atoms with E-state index in [1.54, 1.807) is 32.0 Å². The van der Waals surface area contributed by atoms with Crippen molar-refractivity contribution in [1.29, 1.82) is 0 Å². The maximum atomic E-state index is 13.8. The lowest BCUT2D eigenvalue weighted by atomic mass is 9.95. The molecule has 1 aromatic heterocycles. The van der Waals surface area contributed by atoms with Crippen molar-refractivity contribution < 1.29 is 22.1 Å². The summed E-state index contributed by atoms with van der Waals surface area (Å²) < 4.78 is 48.4. The van der Waals surface area contributed by atoms with E-state index < -0.39 is 22.2 Å². The molecule has 218 valence electrons. The van der Waals surface area contributed by atoms with E-state index in [1.807, 2.05) is 23.1 Å². The number of unbranched alkanes of at least 4 members (excludes halogenated alkanes) is 1. The quantitative estimate of drug-likeness (QED) is 0.278. The van der Waals surface area contributed by atoms with Gasteiger partial charge in [-0.05, 0) is 55.9 Å². The number of aliphatic imine (C=N–C) groups is 1. The van der Waals surface area contributed by atoms with Gasteiger partial charge < -0.3 is 4.52 Å². The number of benzene rings is 2. The van der Waals surface area contributed by atoms with Crippen molar-refractivity contribution in [3.05, 3.63) is 64.9 Å². The number of alkyl halides is 1. The average Bonchev–Trinajstić information content (AvgIpc) is 3.63. The first-order chi connectivity index (χ1) is 19.7. The van der Waals surface area contributed by atoms with E-state index in [4.69, 9.17) is 9.52 Å². The minimum Gasteiger partial charge on any atom is -0.359 e. The van der Waals surface area contributed by atoms with Gasteiger partial charge in [-0.15, -0.1) is 0 Å². The van der Waals surface area contributed by atoms with Gasteiger partial charge in [-0.1, -0.05) is 67.7 Å². The highest BCUT2D eigenvalue weighted by Gasteiger charge is 2.49. The first-order valence-corrected chi connectivity index (χ1v) is 15.8. The molecule has 1 aliphatic heterocycles. The minimum atomic E-state index is -4.03. The summed E-state index contributed by atoms with van der Waals surface area (Å²) >= 11 is 0. The number of carbonyl (C=O) groups is 1. The number of amides is 1. The number of halogens is 1. The van der Waals surface area contributed by atoms with Gasteiger partial charge in [0.2, 0.25) is 0 Å². The third kappa shape index (κ3) is 5.66. The monoisotopic (exact) mass is 580 g/mol. The van der Waals surface area contributed by atoms with Gasteiger partial charge in [-0.25, -0.2) is 8.42 Å². The lowest BCUT2D eigenvalue weighted by molar-refractivity contribution is -0.131. The van der Waals surface area contributed by atoms with Crippen LogP contribution in [0.5, 0.6) is 0 Å². The molecule has 3 aromatic rings. The molecule has 2 heterocycles. The van der Waals surface area contributed by atoms with E-state index in [0.717, 1.165) is 56.3 Å². The zero-order valence-electron chi connectivity index (χ0n) is 23.9. The summed E-state index contributed by atoms with van der Waals surface area (Å²) in [4.78, 5) is 20.4. The molecule has 1 spiro atoms. The van der Waals surface area contributed by atoms with Gasteiger partial charge in [-0.3, -0.25) is 23.8 Å². The lowest BCUT2D eigenvalue weighted by Gasteiger charge is -2.23. The number of aromatic nitrogens is 1. The SMILES string of the molecule is CCCCC1=NC2(CCCC2)C(=O)N1Cc1ccc(-c2ccccc2S(=O)(=O)Nc2noc(C)c2C)c(CCF)c1. The Morgan fingerprint density at radius 2 is 1.83 bits per heavy atom. The average molecular weight is 581 g/mol. The van der Waals surface area contributed by atoms with Gasteiger partial charge in [0.05, 0.1) is 18.1 Å². The zero-order valence-corrected chi connectivity index (χ0v) is 24.7. The molecule has 2 aliphatic rings. The van der Waals surface area contributed by atoms with Crippen LogP contribution < -0.4 is 4.72 Å². The second kappa shape index (κ2) is 11.8. The van der Waals surface area contributed by atoms with Crippen molar-refractivity contribution >= 4 is 27.6 Å². The molecule has 41 heavy (non-hydrogen) atoms. The topological polar surface area (TPSA) is 105 Å². The molecule has 1 amide bonds. The largest absolute Gasteiger partial charge is 0.359 e. The highest BCUT2D eigenvalue weighted by atomic mass is 32.2. The van der Waals surface area contributed by atoms with Crippen LogP contribution in [-0.4, -0.2) is 42.4 Å². The third-order valence-corrected chi connectivity index (χ3v) is 9.61. The molecule has 8 nitrogen and oxygen atoms in total. The Bertz CT molecular complexity index is 1570. The number of rotatable bonds is 11. The van der Waals surface area contributed by atoms with Crippen LogP contribution in [0.3, 0.4) is 0 Å². The number of hydrogen-bond donors (Lipinski definition) is 1. The maximum Gasteiger partial charge on any atom is 0.263 e. The maximum absolute atomic E-state index is 13.8. The van der Waals surface area contributed by atoms with Gasteiger partial charge in [0.15, 0.2) is 5.82 Å². The van der Waals surface area contributed by atoms with Crippen LogP contribution in [0.1, 0.15) is 74.3 Å². The number of aryl methyl sites for hydroxylation is 2. The Hall–Kier alpha value is -3.53. The van der Waals surface area contributed by atoms with Gasteiger partial charge in [0, 0.05) is 24.0 Å². The Kier molecular flexibility index (Phi) is 8.31. The van der Waals surface area contributed by atoms with Crippen molar-refractivity contribution in [3.63, 3.8) is 0 Å². The highest BCUT2D eigenvalue weighted by Crippen LogP contribution is 2.40. The summed E-state index contributed by atoms with van der Waals surface area (Å²) in [6.45, 7) is 5.31. The van der Waals surface area contributed by atoms with E-state index in [9.17, 15) is 17.6 Å². The smallest absolute Gasteiger partial charge is 0.263 e. The van der Waals surface area contributed by atoms with E-state index in [-0.39, 0.29) is 23.0 Å². The number of hydrogen-bond acceptors (Lipinski definition) is 6. The summed E-state index contributed by atoms with van der Waals surface area (Å²) in [5, 5.41) is 3.84. The Labute approximate surface area is 241 Å². The normalized spacial score (nSPS) is 16.5. The van der Waals surface area contributed by atoms with Crippen LogP contribution in [0.25, 0.3) is 11.1 Å². The van der Waals surface area contributed by atoms with Crippen LogP contribution >= 0.6 is 0 Å². The molecule has 0 radical (unpaired) electrons. The fourth-order valence-electron chi connectivity index (χ4n) is 5.82. The van der Waals surface area contributed by atoms with Crippen molar-refractivity contribution in [2.24, 2.45) is 4.99 Å². The molecule has 10 heteroatoms. The van der Waals surface area contributed by atoms with Gasteiger partial charge in [0.1, 0.15) is 17.1 Å². The fraction of sp³-hybridized carbons (Fsp3) is 0.452. The molecule has 0 unspecified atom stereocenters. The molecule has 1 fully saturated rings. The van der Waals surface area contributed by atoms with Crippen LogP contribution in [0, 0.1) is 13.8 Å². The number of nitrogens with zero attached hydrogens (tertiary/aromatic N) is 3. The standard InChI is InChI=1S/C31H37FN4O4S/c1-4-5-12-28-33-31(16-8-9-17-31)30(37)36(28)20-23-13-14-25(24(19-23)15-18-32)26-10-6-7-11-27(26)41(38,39)35-29-21(2)22(3)40-34-29/h6-7,10-11,13-14,19H,4-5,8-9,12,15-18,20H2,1-3H3,(H,34,35). The molecule has 0 bridgehead atoms. The summed E-state index contributed by atoms with van der Waals surface area (Å²) in [6.07, 6.45) is 6.42. The third-order valence-electron chi connectivity index (χ3n) is 8.21. The molecular formula is C31H37FN4O4S. The molecule has 0 atom stereocenters. The van der Waals surface area contributed by atoms with E-state index in [1.165, 1.54) is 6.07 Å². The minimum absolute atomic E-state index is 0.0554. The summed E-state index contributed by atoms with van der Waals surface area (Å²) in [7, 11) is -4.03. The van der Waals surface area contributed by atoms with Crippen molar-refractivity contribution in [2.75, 3.05) is 11.4 Å². The first kappa shape index (κ1) is 29.0. The van der Waals surface area contributed by atoms with Gasteiger partial charge in [-0.2, -0.15) is 0 Å². The molecule has 1 saturated carbocycles. The summed E-state index contributed by atoms with van der Waals surface area (Å²) in [5.41, 5.74) is 2.60. The Morgan fingerprint density at radius 1 is 1.07 bits per heavy atom. The summed E-state index contributed by atoms with van der Waals surface area (Å²) in [6, 6.07) is 12.3. The number of sulfonamides is 1. The molecule has 1 N–H and O–H groups in total. The second-order valence-electron chi connectivity index (χ2n) is 11.0. The molecule has 1 aliphatic carbocycles. The van der Waals surface area contributed by atoms with Crippen LogP contribution in [-0.2, 0) is 27.8 Å².